The van der Waals surface area contributed by atoms with Crippen LogP contribution in [0, 0.1) is 0 Å². The monoisotopic (exact) mass is 428 g/mol. The topological polar surface area (TPSA) is 102 Å². The van der Waals surface area contributed by atoms with Gasteiger partial charge in [0, 0.05) is 18.2 Å². The van der Waals surface area contributed by atoms with E-state index in [0.29, 0.717) is 24.2 Å². The van der Waals surface area contributed by atoms with Gasteiger partial charge in [-0.15, -0.1) is 0 Å². The molecule has 4 rings (SSSR count). The Bertz CT molecular complexity index is 1140. The van der Waals surface area contributed by atoms with E-state index in [-0.39, 0.29) is 18.1 Å². The normalized spacial score (nSPS) is 12.4. The van der Waals surface area contributed by atoms with Gasteiger partial charge in [0.25, 0.3) is 0 Å². The van der Waals surface area contributed by atoms with Crippen molar-refractivity contribution in [3.8, 4) is 11.1 Å². The third kappa shape index (κ3) is 4.49. The first-order valence-corrected chi connectivity index (χ1v) is 10.4. The molecule has 0 heterocycles. The first-order valence-electron chi connectivity index (χ1n) is 10.4. The Morgan fingerprint density at radius 3 is 2.31 bits per heavy atom. The van der Waals surface area contributed by atoms with Crippen LogP contribution in [0.3, 0.4) is 0 Å². The molecule has 0 atom stereocenters. The summed E-state index contributed by atoms with van der Waals surface area (Å²) in [5.41, 5.74) is 11.5. The molecular weight excluding hydrogens is 404 g/mol. The molecule has 0 fully saturated rings. The fourth-order valence-corrected chi connectivity index (χ4v) is 4.02. The fourth-order valence-electron chi connectivity index (χ4n) is 4.02. The van der Waals surface area contributed by atoms with Crippen molar-refractivity contribution in [3.63, 3.8) is 0 Å². The number of aromatic carboxylic acids is 1. The zero-order valence-electron chi connectivity index (χ0n) is 17.5. The number of rotatable bonds is 7. The Morgan fingerprint density at radius 1 is 1.00 bits per heavy atom. The first-order chi connectivity index (χ1) is 15.5. The van der Waals surface area contributed by atoms with Crippen molar-refractivity contribution >= 4 is 23.8 Å². The zero-order chi connectivity index (χ0) is 22.5. The van der Waals surface area contributed by atoms with Crippen LogP contribution in [0.25, 0.3) is 17.2 Å². The van der Waals surface area contributed by atoms with Crippen LogP contribution in [-0.4, -0.2) is 30.3 Å². The molecule has 162 valence electrons. The number of nitrogen functional groups attached to an aromatic ring is 1. The minimum atomic E-state index is -1.03. The summed E-state index contributed by atoms with van der Waals surface area (Å²) in [6.07, 6.45) is 3.58. The lowest BCUT2D eigenvalue weighted by Gasteiger charge is -2.14. The smallest absolute Gasteiger partial charge is 0.407 e. The van der Waals surface area contributed by atoms with Gasteiger partial charge in [-0.1, -0.05) is 66.7 Å². The van der Waals surface area contributed by atoms with Crippen molar-refractivity contribution in [3.05, 3.63) is 95.1 Å². The number of hydrogen-bond acceptors (Lipinski definition) is 4. The van der Waals surface area contributed by atoms with E-state index in [4.69, 9.17) is 10.5 Å². The fraction of sp³-hybridized carbons (Fsp3) is 0.154. The number of benzene rings is 3. The predicted molar refractivity (Wildman–Crippen MR) is 125 cm³/mol. The number of amides is 1. The van der Waals surface area contributed by atoms with Gasteiger partial charge in [0.05, 0.1) is 5.56 Å². The lowest BCUT2D eigenvalue weighted by atomic mass is 9.98. The van der Waals surface area contributed by atoms with Crippen LogP contribution in [0.1, 0.15) is 39.4 Å². The number of carbonyl (C=O) groups excluding carboxylic acids is 1. The summed E-state index contributed by atoms with van der Waals surface area (Å²) < 4.78 is 5.50. The van der Waals surface area contributed by atoms with E-state index in [0.717, 1.165) is 0 Å². The second kappa shape index (κ2) is 9.39. The van der Waals surface area contributed by atoms with Crippen molar-refractivity contribution in [1.82, 2.24) is 5.32 Å². The van der Waals surface area contributed by atoms with Gasteiger partial charge in [0.15, 0.2) is 0 Å². The number of ether oxygens (including phenoxy) is 1. The molecular formula is C26H24N2O4. The number of carboxylic acids is 1. The average Bonchev–Trinajstić information content (AvgIpc) is 3.12. The number of carboxylic acid groups (broad SMARTS) is 1. The number of hydrogen-bond donors (Lipinski definition) is 3. The summed E-state index contributed by atoms with van der Waals surface area (Å²) in [5.74, 6) is -1.01. The van der Waals surface area contributed by atoms with Gasteiger partial charge in [-0.3, -0.25) is 0 Å². The van der Waals surface area contributed by atoms with Gasteiger partial charge in [-0.05, 0) is 46.4 Å². The van der Waals surface area contributed by atoms with E-state index in [9.17, 15) is 14.7 Å². The van der Waals surface area contributed by atoms with E-state index < -0.39 is 12.1 Å². The number of anilines is 1. The third-order valence-corrected chi connectivity index (χ3v) is 5.53. The predicted octanol–water partition coefficient (Wildman–Crippen LogP) is 4.91. The maximum atomic E-state index is 12.2. The quantitative estimate of drug-likeness (QED) is 0.367. The highest BCUT2D eigenvalue weighted by molar-refractivity contribution is 5.93. The summed E-state index contributed by atoms with van der Waals surface area (Å²) in [6, 6.07) is 21.1. The Kier molecular flexibility index (Phi) is 6.22. The summed E-state index contributed by atoms with van der Waals surface area (Å²) in [5, 5.41) is 12.0. The number of nitrogens with one attached hydrogen (secondary N) is 1. The molecule has 1 amide bonds. The maximum absolute atomic E-state index is 12.2. The Labute approximate surface area is 186 Å². The molecule has 4 N–H and O–H groups in total. The molecule has 0 unspecified atom stereocenters. The van der Waals surface area contributed by atoms with Gasteiger partial charge in [-0.2, -0.15) is 0 Å². The van der Waals surface area contributed by atoms with Gasteiger partial charge < -0.3 is 20.9 Å². The molecule has 0 saturated heterocycles. The highest BCUT2D eigenvalue weighted by atomic mass is 16.5. The van der Waals surface area contributed by atoms with E-state index in [1.54, 1.807) is 18.2 Å². The third-order valence-electron chi connectivity index (χ3n) is 5.53. The Hall–Kier alpha value is -4.06. The second-order valence-electron chi connectivity index (χ2n) is 7.60. The summed E-state index contributed by atoms with van der Waals surface area (Å²) >= 11 is 0. The van der Waals surface area contributed by atoms with E-state index in [2.05, 4.69) is 29.6 Å². The van der Waals surface area contributed by atoms with Crippen molar-refractivity contribution in [2.75, 3.05) is 18.9 Å². The molecule has 3 aromatic rings. The molecule has 0 saturated carbocycles. The molecule has 3 aromatic carbocycles. The van der Waals surface area contributed by atoms with Crippen LogP contribution >= 0.6 is 0 Å². The van der Waals surface area contributed by atoms with Crippen LogP contribution in [-0.2, 0) is 4.74 Å². The van der Waals surface area contributed by atoms with E-state index in [1.165, 1.54) is 28.3 Å². The number of fused-ring (bicyclic) bond motifs is 3. The lowest BCUT2D eigenvalue weighted by molar-refractivity contribution is 0.0696. The SMILES string of the molecule is Nc1ccc(C=CCCNC(=O)OCC2c3ccccc3-c3ccccc32)c(C(=O)O)c1. The molecule has 0 radical (unpaired) electrons. The van der Waals surface area contributed by atoms with Crippen LogP contribution in [0.4, 0.5) is 10.5 Å². The molecule has 0 bridgehead atoms. The Morgan fingerprint density at radius 2 is 1.66 bits per heavy atom. The zero-order valence-corrected chi connectivity index (χ0v) is 17.5. The molecule has 0 spiro atoms. The Balaban J connectivity index is 1.29. The highest BCUT2D eigenvalue weighted by Crippen LogP contribution is 2.44. The average molecular weight is 428 g/mol. The molecule has 1 aliphatic carbocycles. The maximum Gasteiger partial charge on any atom is 0.407 e. The molecule has 1 aliphatic rings. The van der Waals surface area contributed by atoms with E-state index >= 15 is 0 Å². The minimum absolute atomic E-state index is 0.0213. The summed E-state index contributed by atoms with van der Waals surface area (Å²) in [6.45, 7) is 0.646. The van der Waals surface area contributed by atoms with Gasteiger partial charge in [0.1, 0.15) is 6.61 Å². The number of nitrogens with two attached hydrogens (primary N) is 1. The van der Waals surface area contributed by atoms with Crippen LogP contribution in [0.5, 0.6) is 0 Å². The molecule has 32 heavy (non-hydrogen) atoms. The minimum Gasteiger partial charge on any atom is -0.478 e. The number of carbonyl (C=O) groups is 2. The van der Waals surface area contributed by atoms with Gasteiger partial charge in [-0.25, -0.2) is 9.59 Å². The molecule has 6 nitrogen and oxygen atoms in total. The first kappa shape index (κ1) is 21.2. The van der Waals surface area contributed by atoms with Crippen molar-refractivity contribution in [2.24, 2.45) is 0 Å². The summed E-state index contributed by atoms with van der Waals surface area (Å²) in [7, 11) is 0. The van der Waals surface area contributed by atoms with Crippen LogP contribution in [0.15, 0.2) is 72.8 Å². The highest BCUT2D eigenvalue weighted by Gasteiger charge is 2.28. The summed E-state index contributed by atoms with van der Waals surface area (Å²) in [4.78, 5) is 23.5. The molecule has 6 heteroatoms. The van der Waals surface area contributed by atoms with Crippen molar-refractivity contribution in [2.45, 2.75) is 12.3 Å². The van der Waals surface area contributed by atoms with Gasteiger partial charge >= 0.3 is 12.1 Å². The standard InChI is InChI=1S/C26H24N2O4/c27-18-13-12-17(23(15-18)25(29)30)7-5-6-14-28-26(31)32-16-24-21-10-3-1-8-19(21)20-9-2-4-11-22(20)24/h1-5,7-13,15,24H,6,14,16,27H2,(H,28,31)(H,29,30). The van der Waals surface area contributed by atoms with Crippen molar-refractivity contribution in [1.29, 1.82) is 0 Å². The number of alkyl carbamates (subject to hydrolysis) is 1. The van der Waals surface area contributed by atoms with Crippen LogP contribution < -0.4 is 11.1 Å². The molecule has 0 aliphatic heterocycles. The van der Waals surface area contributed by atoms with Gasteiger partial charge in [0.2, 0.25) is 0 Å². The molecule has 0 aromatic heterocycles. The van der Waals surface area contributed by atoms with Crippen molar-refractivity contribution < 1.29 is 19.4 Å². The van der Waals surface area contributed by atoms with E-state index in [1.807, 2.05) is 30.3 Å². The largest absolute Gasteiger partial charge is 0.478 e. The lowest BCUT2D eigenvalue weighted by Crippen LogP contribution is -2.26. The second-order valence-corrected chi connectivity index (χ2v) is 7.60. The van der Waals surface area contributed by atoms with Crippen LogP contribution in [0.2, 0.25) is 0 Å².